The summed E-state index contributed by atoms with van der Waals surface area (Å²) in [5, 5.41) is 0. The van der Waals surface area contributed by atoms with Crippen molar-refractivity contribution >= 4 is 14.5 Å². The van der Waals surface area contributed by atoms with Crippen LogP contribution in [0.25, 0.3) is 0 Å². The van der Waals surface area contributed by atoms with Gasteiger partial charge in [0.05, 0.1) is 0 Å². The Morgan fingerprint density at radius 2 is 0.929 bits per heavy atom. The molecule has 13 heteroatoms. The molecule has 0 atom stereocenters. The van der Waals surface area contributed by atoms with E-state index in [9.17, 15) is 11.9 Å². The molecule has 0 spiro atoms. The van der Waals surface area contributed by atoms with Gasteiger partial charge in [-0.1, -0.05) is 0 Å². The van der Waals surface area contributed by atoms with Gasteiger partial charge in [0.1, 0.15) is 0 Å². The molecule has 0 fully saturated rings. The second-order valence-corrected chi connectivity index (χ2v) is 3.27. The SMILES string of the molecule is CO[As](=O)([O-])[O-].O.O.O.O.O.O.[Na+].[Na+]. The molecule has 0 aliphatic heterocycles. The van der Waals surface area contributed by atoms with Crippen molar-refractivity contribution in [3.63, 3.8) is 0 Å². The van der Waals surface area contributed by atoms with Gasteiger partial charge in [-0.2, -0.15) is 0 Å². The monoisotopic (exact) mass is 308 g/mol. The van der Waals surface area contributed by atoms with Crippen LogP contribution in [0.5, 0.6) is 0 Å². The van der Waals surface area contributed by atoms with Crippen molar-refractivity contribution in [3.05, 3.63) is 0 Å². The summed E-state index contributed by atoms with van der Waals surface area (Å²) in [5.41, 5.74) is 0. The second-order valence-electron chi connectivity index (χ2n) is 0.630. The van der Waals surface area contributed by atoms with Gasteiger partial charge in [-0.25, -0.2) is 0 Å². The molecule has 0 heterocycles. The minimum atomic E-state index is -5.16. The van der Waals surface area contributed by atoms with E-state index < -0.39 is 14.5 Å². The Labute approximate surface area is 128 Å². The summed E-state index contributed by atoms with van der Waals surface area (Å²) in [6.07, 6.45) is 0. The van der Waals surface area contributed by atoms with Crippen LogP contribution in [-0.4, -0.2) is 54.5 Å². The molecule has 0 aliphatic rings. The van der Waals surface area contributed by atoms with Crippen molar-refractivity contribution < 1.29 is 108 Å². The Morgan fingerprint density at radius 3 is 0.929 bits per heavy atom. The summed E-state index contributed by atoms with van der Waals surface area (Å²) in [6.45, 7) is 0. The molecule has 0 saturated heterocycles. The van der Waals surface area contributed by atoms with Gasteiger partial charge in [-0.05, 0) is 0 Å². The predicted molar refractivity (Wildman–Crippen MR) is 35.1 cm³/mol. The number of rotatable bonds is 1. The maximum absolute atomic E-state index is 9.31. The topological polar surface area (TPSA) is 261 Å². The van der Waals surface area contributed by atoms with Gasteiger partial charge < -0.3 is 32.9 Å². The Kier molecular flexibility index (Phi) is 191. The average molecular weight is 308 g/mol. The van der Waals surface area contributed by atoms with Gasteiger partial charge in [0.25, 0.3) is 0 Å². The van der Waals surface area contributed by atoms with Gasteiger partial charge in [-0.15, -0.1) is 0 Å². The molecule has 86 valence electrons. The fourth-order valence-corrected chi connectivity index (χ4v) is 0. The van der Waals surface area contributed by atoms with Crippen molar-refractivity contribution in [1.82, 2.24) is 0 Å². The summed E-state index contributed by atoms with van der Waals surface area (Å²) >= 11 is -5.16. The van der Waals surface area contributed by atoms with E-state index >= 15 is 0 Å². The molecule has 0 aromatic carbocycles. The third-order valence-corrected chi connectivity index (χ3v) is 1.16. The van der Waals surface area contributed by atoms with Crippen LogP contribution in [0.2, 0.25) is 0 Å². The van der Waals surface area contributed by atoms with Gasteiger partial charge in [0.2, 0.25) is 0 Å². The third-order valence-electron chi connectivity index (χ3n) is 0.224. The maximum atomic E-state index is 9.31. The predicted octanol–water partition coefficient (Wildman–Crippen LogP) is -13.7. The van der Waals surface area contributed by atoms with Gasteiger partial charge in [0, 0.05) is 0 Å². The van der Waals surface area contributed by atoms with Crippen molar-refractivity contribution in [2.45, 2.75) is 0 Å². The quantitative estimate of drug-likeness (QED) is 0.426. The smallest absolute Gasteiger partial charge is 0.412 e. The Hall–Kier alpha value is 2.00. The summed E-state index contributed by atoms with van der Waals surface area (Å²) in [7, 11) is 0.847. The van der Waals surface area contributed by atoms with Gasteiger partial charge in [-0.3, -0.25) is 0 Å². The third kappa shape index (κ3) is 94.7. The first-order valence-corrected chi connectivity index (χ1v) is 4.20. The minimum Gasteiger partial charge on any atom is -0.412 e. The summed E-state index contributed by atoms with van der Waals surface area (Å²) < 4.78 is 31.4. The Morgan fingerprint density at radius 1 is 0.857 bits per heavy atom. The van der Waals surface area contributed by atoms with E-state index in [4.69, 9.17) is 0 Å². The number of hydrogen-bond acceptors (Lipinski definition) is 4. The molecule has 0 bridgehead atoms. The van der Waals surface area contributed by atoms with Crippen LogP contribution in [0.4, 0.5) is 0 Å². The van der Waals surface area contributed by atoms with Crippen molar-refractivity contribution in [3.8, 4) is 0 Å². The molecule has 0 aromatic rings. The first-order chi connectivity index (χ1) is 2.56. The van der Waals surface area contributed by atoms with E-state index in [1.54, 1.807) is 0 Å². The van der Waals surface area contributed by atoms with Crippen LogP contribution in [0.3, 0.4) is 0 Å². The van der Waals surface area contributed by atoms with Gasteiger partial charge in [0.15, 0.2) is 0 Å². The fraction of sp³-hybridized carbons (Fsp3) is 1.00. The van der Waals surface area contributed by atoms with E-state index in [2.05, 4.69) is 3.73 Å². The van der Waals surface area contributed by atoms with Gasteiger partial charge >= 0.3 is 96.4 Å². The average Bonchev–Trinajstić information content (AvgIpc) is 1.35. The first kappa shape index (κ1) is 73.5. The van der Waals surface area contributed by atoms with Crippen LogP contribution >= 0.6 is 0 Å². The number of hydrogen-bond donors (Lipinski definition) is 0. The van der Waals surface area contributed by atoms with Crippen LogP contribution in [0, 0.1) is 0 Å². The molecule has 10 nitrogen and oxygen atoms in total. The van der Waals surface area contributed by atoms with E-state index in [1.165, 1.54) is 0 Å². The van der Waals surface area contributed by atoms with Crippen LogP contribution in [0.15, 0.2) is 0 Å². The molecule has 14 heavy (non-hydrogen) atoms. The van der Waals surface area contributed by atoms with E-state index in [0.29, 0.717) is 0 Å². The van der Waals surface area contributed by atoms with E-state index in [0.717, 1.165) is 7.11 Å². The van der Waals surface area contributed by atoms with Crippen molar-refractivity contribution in [2.24, 2.45) is 0 Å². The molecular weight excluding hydrogens is 293 g/mol. The van der Waals surface area contributed by atoms with Crippen LogP contribution in [0.1, 0.15) is 0 Å². The largest absolute Gasteiger partial charge is 1.00 e. The zero-order valence-corrected chi connectivity index (χ0v) is 14.0. The first-order valence-electron chi connectivity index (χ1n) is 1.14. The normalized spacial score (nSPS) is 5.07. The Bertz CT molecular complexity index is 82.2. The van der Waals surface area contributed by atoms with E-state index in [1.807, 2.05) is 0 Å². The second kappa shape index (κ2) is 36.3. The molecule has 0 amide bonds. The minimum absolute atomic E-state index is 0. The zero-order chi connectivity index (χ0) is 5.21. The van der Waals surface area contributed by atoms with E-state index in [-0.39, 0.29) is 92.0 Å². The van der Waals surface area contributed by atoms with Crippen LogP contribution in [-0.2, 0) is 7.47 Å². The molecular formula is CH15AsNa2O10. The molecule has 0 aromatic heterocycles. The molecule has 12 N–H and O–H groups in total. The summed E-state index contributed by atoms with van der Waals surface area (Å²) in [6, 6.07) is 0. The fourth-order valence-electron chi connectivity index (χ4n) is 0. The maximum Gasteiger partial charge on any atom is 1.00 e. The molecule has 0 unspecified atom stereocenters. The molecule has 0 rings (SSSR count). The molecule has 0 saturated carbocycles. The Balaban J connectivity index is -0.00000000446. The molecule has 0 aliphatic carbocycles. The zero-order valence-electron chi connectivity index (χ0n) is 8.08. The van der Waals surface area contributed by atoms with Crippen molar-refractivity contribution in [1.29, 1.82) is 0 Å². The standard InChI is InChI=1S/CH5AsO4.2Na.6H2O/c1-6-2(3,4)5;;;;;;;;/h1H3,(H2,3,4,5);;;6*1H2/q;2*+1;;;;;;/p-2. The molecule has 0 radical (unpaired) electrons. The van der Waals surface area contributed by atoms with Crippen molar-refractivity contribution in [2.75, 3.05) is 7.11 Å². The van der Waals surface area contributed by atoms with Crippen LogP contribution < -0.4 is 67.3 Å². The summed E-state index contributed by atoms with van der Waals surface area (Å²) in [5.74, 6) is 0. The summed E-state index contributed by atoms with van der Waals surface area (Å²) in [4.78, 5) is 0.